The lowest BCUT2D eigenvalue weighted by atomic mass is 10.0. The van der Waals surface area contributed by atoms with Crippen molar-refractivity contribution in [1.29, 1.82) is 0 Å². The Bertz CT molecular complexity index is 1610. The van der Waals surface area contributed by atoms with E-state index in [1.807, 2.05) is 54.6 Å². The van der Waals surface area contributed by atoms with E-state index >= 15 is 0 Å². The number of hydrogen-bond donors (Lipinski definition) is 2. The molecule has 0 radical (unpaired) electrons. The first-order valence-corrected chi connectivity index (χ1v) is 12.4. The molecular formula is C28H20N2O4S2. The number of amides is 1. The number of nitrogens with one attached hydrogen (secondary N) is 1. The van der Waals surface area contributed by atoms with E-state index in [9.17, 15) is 14.4 Å². The van der Waals surface area contributed by atoms with Gasteiger partial charge in [0.1, 0.15) is 4.32 Å². The molecule has 1 aromatic heterocycles. The summed E-state index contributed by atoms with van der Waals surface area (Å²) in [6.45, 7) is 0.404. The van der Waals surface area contributed by atoms with Crippen LogP contribution in [0.2, 0.25) is 0 Å². The topological polar surface area (TPSA) is 90.5 Å². The summed E-state index contributed by atoms with van der Waals surface area (Å²) in [5.74, 6) is -1.14. The predicted octanol–water partition coefficient (Wildman–Crippen LogP) is 5.34. The lowest BCUT2D eigenvalue weighted by Crippen LogP contribution is -2.30. The molecule has 4 aromatic rings. The number of carboxylic acids is 1. The second-order valence-corrected chi connectivity index (χ2v) is 9.99. The van der Waals surface area contributed by atoms with Crippen LogP contribution < -0.4 is 5.56 Å². The normalized spacial score (nSPS) is 14.7. The highest BCUT2D eigenvalue weighted by molar-refractivity contribution is 8.26. The number of nitrogens with zero attached hydrogens (tertiary/aromatic N) is 1. The van der Waals surface area contributed by atoms with Gasteiger partial charge in [0.2, 0.25) is 0 Å². The third-order valence-electron chi connectivity index (χ3n) is 5.95. The third-order valence-corrected chi connectivity index (χ3v) is 7.33. The third kappa shape index (κ3) is 4.86. The van der Waals surface area contributed by atoms with Crippen molar-refractivity contribution in [2.75, 3.05) is 6.54 Å². The molecule has 0 spiro atoms. The molecule has 178 valence electrons. The van der Waals surface area contributed by atoms with Crippen molar-refractivity contribution in [2.24, 2.45) is 0 Å². The van der Waals surface area contributed by atoms with Gasteiger partial charge in [-0.1, -0.05) is 72.5 Å². The molecule has 8 heteroatoms. The van der Waals surface area contributed by atoms with E-state index < -0.39 is 5.97 Å². The number of aromatic carboxylic acids is 1. The van der Waals surface area contributed by atoms with Crippen molar-refractivity contribution in [3.05, 3.63) is 111 Å². The number of H-pyrrole nitrogens is 1. The molecule has 2 N–H and O–H groups in total. The van der Waals surface area contributed by atoms with Crippen LogP contribution in [0.15, 0.2) is 88.6 Å². The van der Waals surface area contributed by atoms with Gasteiger partial charge in [-0.2, -0.15) is 0 Å². The number of thiocarbonyl (C=S) groups is 1. The number of fused-ring (bicyclic) bond motifs is 1. The SMILES string of the molecule is O=C(O)c1ccc(CCN2C(=O)/C(=C/c3cccc(-c4cc5ccccc5[nH]c4=O)c3)SC2=S)cc1. The van der Waals surface area contributed by atoms with Gasteiger partial charge in [-0.25, -0.2) is 4.79 Å². The van der Waals surface area contributed by atoms with Crippen molar-refractivity contribution < 1.29 is 14.7 Å². The van der Waals surface area contributed by atoms with Gasteiger partial charge in [0, 0.05) is 17.6 Å². The lowest BCUT2D eigenvalue weighted by molar-refractivity contribution is -0.122. The minimum atomic E-state index is -0.974. The van der Waals surface area contributed by atoms with Gasteiger partial charge in [-0.15, -0.1) is 0 Å². The zero-order valence-corrected chi connectivity index (χ0v) is 20.6. The van der Waals surface area contributed by atoms with Gasteiger partial charge >= 0.3 is 5.97 Å². The Morgan fingerprint density at radius 1 is 1.00 bits per heavy atom. The van der Waals surface area contributed by atoms with Gasteiger partial charge in [0.15, 0.2) is 0 Å². The fourth-order valence-corrected chi connectivity index (χ4v) is 5.37. The number of pyridine rings is 1. The highest BCUT2D eigenvalue weighted by Gasteiger charge is 2.31. The first kappa shape index (κ1) is 23.7. The smallest absolute Gasteiger partial charge is 0.335 e. The monoisotopic (exact) mass is 512 g/mol. The maximum absolute atomic E-state index is 13.1. The van der Waals surface area contributed by atoms with Crippen LogP contribution in [0.4, 0.5) is 0 Å². The average Bonchev–Trinajstić information content (AvgIpc) is 3.14. The first-order valence-electron chi connectivity index (χ1n) is 11.2. The van der Waals surface area contributed by atoms with Crippen LogP contribution in [0.25, 0.3) is 28.1 Å². The van der Waals surface area contributed by atoms with Crippen molar-refractivity contribution in [1.82, 2.24) is 9.88 Å². The summed E-state index contributed by atoms with van der Waals surface area (Å²) in [7, 11) is 0. The molecule has 1 amide bonds. The number of thioether (sulfide) groups is 1. The molecule has 0 bridgehead atoms. The van der Waals surface area contributed by atoms with E-state index in [0.29, 0.717) is 27.8 Å². The number of para-hydroxylation sites is 1. The van der Waals surface area contributed by atoms with Crippen LogP contribution in [0.1, 0.15) is 21.5 Å². The van der Waals surface area contributed by atoms with E-state index in [2.05, 4.69) is 4.98 Å². The van der Waals surface area contributed by atoms with Crippen molar-refractivity contribution in [2.45, 2.75) is 6.42 Å². The highest BCUT2D eigenvalue weighted by atomic mass is 32.2. The van der Waals surface area contributed by atoms with E-state index in [-0.39, 0.29) is 17.0 Å². The Morgan fingerprint density at radius 3 is 2.56 bits per heavy atom. The zero-order valence-electron chi connectivity index (χ0n) is 18.9. The van der Waals surface area contributed by atoms with E-state index in [1.165, 1.54) is 11.8 Å². The minimum Gasteiger partial charge on any atom is -0.478 e. The predicted molar refractivity (Wildman–Crippen MR) is 147 cm³/mol. The average molecular weight is 513 g/mol. The van der Waals surface area contributed by atoms with Gasteiger partial charge in [0.05, 0.1) is 10.5 Å². The Morgan fingerprint density at radius 2 is 1.78 bits per heavy atom. The maximum Gasteiger partial charge on any atom is 0.335 e. The molecule has 0 unspecified atom stereocenters. The van der Waals surface area contributed by atoms with E-state index in [0.717, 1.165) is 27.6 Å². The van der Waals surface area contributed by atoms with Gasteiger partial charge in [-0.3, -0.25) is 14.5 Å². The molecule has 1 aliphatic heterocycles. The molecule has 0 saturated carbocycles. The zero-order chi connectivity index (χ0) is 25.2. The summed E-state index contributed by atoms with van der Waals surface area (Å²) in [4.78, 5) is 41.8. The molecule has 6 nitrogen and oxygen atoms in total. The fraction of sp³-hybridized carbons (Fsp3) is 0.0714. The number of rotatable bonds is 6. The van der Waals surface area contributed by atoms with Crippen LogP contribution in [0, 0.1) is 0 Å². The van der Waals surface area contributed by atoms with Crippen molar-refractivity contribution in [3.63, 3.8) is 0 Å². The fourth-order valence-electron chi connectivity index (χ4n) is 4.06. The maximum atomic E-state index is 13.1. The second kappa shape index (κ2) is 9.93. The molecule has 5 rings (SSSR count). The number of carboxylic acid groups (broad SMARTS) is 1. The number of aromatic nitrogens is 1. The highest BCUT2D eigenvalue weighted by Crippen LogP contribution is 2.33. The summed E-state index contributed by atoms with van der Waals surface area (Å²) in [5, 5.41) is 9.98. The minimum absolute atomic E-state index is 0.166. The molecule has 0 aliphatic carbocycles. The van der Waals surface area contributed by atoms with Crippen LogP contribution in [-0.2, 0) is 11.2 Å². The summed E-state index contributed by atoms with van der Waals surface area (Å²) in [6, 6.07) is 23.6. The van der Waals surface area contributed by atoms with Gasteiger partial charge in [0.25, 0.3) is 11.5 Å². The van der Waals surface area contributed by atoms with Crippen LogP contribution in [0.5, 0.6) is 0 Å². The Hall–Kier alpha value is -4.01. The lowest BCUT2D eigenvalue weighted by Gasteiger charge is -2.14. The largest absolute Gasteiger partial charge is 0.478 e. The Kier molecular flexibility index (Phi) is 6.54. The standard InChI is InChI=1S/C28H20N2O4S2/c31-25-22(16-21-5-1-2-7-23(21)29-25)20-6-3-4-18(14-20)15-24-26(32)30(28(35)36-24)13-12-17-8-10-19(11-9-17)27(33)34/h1-11,14-16H,12-13H2,(H,29,31)(H,33,34)/b24-15-. The van der Waals surface area contributed by atoms with Gasteiger partial charge in [-0.05, 0) is 64.9 Å². The quantitative estimate of drug-likeness (QED) is 0.268. The number of aromatic amines is 1. The van der Waals surface area contributed by atoms with Crippen LogP contribution in [-0.4, -0.2) is 37.7 Å². The molecule has 1 aliphatic rings. The second-order valence-electron chi connectivity index (χ2n) is 8.31. The van der Waals surface area contributed by atoms with E-state index in [4.69, 9.17) is 17.3 Å². The molecular weight excluding hydrogens is 492 g/mol. The number of carbonyl (C=O) groups is 2. The molecule has 3 aromatic carbocycles. The molecule has 1 saturated heterocycles. The summed E-state index contributed by atoms with van der Waals surface area (Å²) < 4.78 is 0.482. The molecule has 36 heavy (non-hydrogen) atoms. The van der Waals surface area contributed by atoms with E-state index in [1.54, 1.807) is 35.2 Å². The van der Waals surface area contributed by atoms with Gasteiger partial charge < -0.3 is 10.1 Å². The summed E-state index contributed by atoms with van der Waals surface area (Å²) >= 11 is 6.70. The van der Waals surface area contributed by atoms with Crippen molar-refractivity contribution >= 4 is 57.2 Å². The number of hydrogen-bond acceptors (Lipinski definition) is 5. The Labute approximate surface area is 216 Å². The molecule has 1 fully saturated rings. The Balaban J connectivity index is 1.35. The van der Waals surface area contributed by atoms with Crippen molar-refractivity contribution in [3.8, 4) is 11.1 Å². The first-order chi connectivity index (χ1) is 17.4. The molecule has 2 heterocycles. The van der Waals surface area contributed by atoms with Crippen LogP contribution >= 0.6 is 24.0 Å². The van der Waals surface area contributed by atoms with Crippen LogP contribution in [0.3, 0.4) is 0 Å². The number of carbonyl (C=O) groups excluding carboxylic acids is 1. The molecule has 0 atom stereocenters. The summed E-state index contributed by atoms with van der Waals surface area (Å²) in [5.41, 5.74) is 3.87. The number of benzene rings is 3. The summed E-state index contributed by atoms with van der Waals surface area (Å²) in [6.07, 6.45) is 2.35.